The van der Waals surface area contributed by atoms with E-state index in [0.29, 0.717) is 0 Å². The van der Waals surface area contributed by atoms with E-state index < -0.39 is 0 Å². The fourth-order valence-electron chi connectivity index (χ4n) is 0. The van der Waals surface area contributed by atoms with Crippen LogP contribution in [0.25, 0.3) is 0 Å². The molecule has 0 rings (SSSR count). The summed E-state index contributed by atoms with van der Waals surface area (Å²) < 4.78 is 4.40. The second-order valence-electron chi connectivity index (χ2n) is 0.285. The van der Waals surface area contributed by atoms with Gasteiger partial charge in [-0.2, -0.15) is 0 Å². The molecule has 0 aromatic carbocycles. The molecule has 0 heterocycles. The van der Waals surface area contributed by atoms with E-state index in [1.165, 1.54) is 6.26 Å². The molecule has 0 aliphatic heterocycles. The molecule has 0 unspecified atom stereocenters. The van der Waals surface area contributed by atoms with Crippen molar-refractivity contribution in [3.8, 4) is 0 Å². The number of rotatable bonds is 1. The molecular weight excluding hydrogens is 159 g/mol. The third kappa shape index (κ3) is 2.34. The van der Waals surface area contributed by atoms with E-state index in [1.807, 2.05) is 0 Å². The summed E-state index contributed by atoms with van der Waals surface area (Å²) in [6.07, 6.45) is 1.42. The zero-order valence-corrected chi connectivity index (χ0v) is 5.05. The van der Waals surface area contributed by atoms with Gasteiger partial charge in [-0.25, -0.2) is 0 Å². The molecule has 4 heavy (non-hydrogen) atoms. The molecule has 21 valence electrons. The summed E-state index contributed by atoms with van der Waals surface area (Å²) in [6.45, 7) is 3.28. The third-order valence-electron chi connectivity index (χ3n) is 0.0833. The first-order valence-electron chi connectivity index (χ1n) is 0.848. The fraction of sp³-hybridized carbons (Fsp3) is 0. The molecule has 0 N–H and O–H groups in total. The maximum atomic E-state index is 4.40. The summed E-state index contributed by atoms with van der Waals surface area (Å²) in [6, 6.07) is 0. The second kappa shape index (κ2) is 3.34. The van der Waals surface area contributed by atoms with Crippen molar-refractivity contribution in [2.75, 3.05) is 0 Å². The summed E-state index contributed by atoms with van der Waals surface area (Å²) in [5, 5.41) is 0. The summed E-state index contributed by atoms with van der Waals surface area (Å²) >= 11 is 1.05. The van der Waals surface area contributed by atoms with Crippen molar-refractivity contribution in [2.45, 2.75) is 0 Å². The molecule has 0 aromatic heterocycles. The predicted molar refractivity (Wildman–Crippen MR) is 17.0 cm³/mol. The monoisotopic (exact) mass is 163 g/mol. The third-order valence-corrected chi connectivity index (χ3v) is 0.559. The van der Waals surface area contributed by atoms with E-state index in [2.05, 4.69) is 9.65 Å². The van der Waals surface area contributed by atoms with Crippen LogP contribution < -0.4 is 0 Å². The molecule has 0 saturated heterocycles. The van der Waals surface area contributed by atoms with Gasteiger partial charge < -0.3 is 0 Å². The van der Waals surface area contributed by atoms with Crippen LogP contribution in [0.15, 0.2) is 12.8 Å². The van der Waals surface area contributed by atoms with Crippen LogP contribution in [0.1, 0.15) is 0 Å². The molecule has 2 heteroatoms. The van der Waals surface area contributed by atoms with E-state index in [0.717, 1.165) is 22.9 Å². The van der Waals surface area contributed by atoms with E-state index in [1.54, 1.807) is 0 Å². The van der Waals surface area contributed by atoms with E-state index >= 15 is 0 Å². The molecule has 0 aromatic rings. The van der Waals surface area contributed by atoms with Gasteiger partial charge >= 0.3 is 38.9 Å². The molecule has 0 saturated carbocycles. The first-order valence-corrected chi connectivity index (χ1v) is 2.01. The van der Waals surface area contributed by atoms with Gasteiger partial charge in [-0.15, -0.1) is 0 Å². The SMILES string of the molecule is C=C[O][Sn]. The summed E-state index contributed by atoms with van der Waals surface area (Å²) in [5.41, 5.74) is 0. The van der Waals surface area contributed by atoms with Crippen molar-refractivity contribution in [3.05, 3.63) is 12.8 Å². The molecule has 0 bridgehead atoms. The van der Waals surface area contributed by atoms with Crippen LogP contribution in [0, 0.1) is 0 Å². The minimum atomic E-state index is 1.05. The van der Waals surface area contributed by atoms with Gasteiger partial charge in [-0.1, -0.05) is 0 Å². The van der Waals surface area contributed by atoms with Crippen molar-refractivity contribution in [2.24, 2.45) is 0 Å². The molecule has 0 amide bonds. The zero-order valence-electron chi connectivity index (χ0n) is 2.19. The molecule has 0 aliphatic rings. The van der Waals surface area contributed by atoms with E-state index in [9.17, 15) is 0 Å². The quantitative estimate of drug-likeness (QED) is 0.396. The van der Waals surface area contributed by atoms with E-state index in [-0.39, 0.29) is 0 Å². The first-order chi connectivity index (χ1) is 1.91. The minimum absolute atomic E-state index is 1.05. The fourth-order valence-corrected chi connectivity index (χ4v) is 0. The second-order valence-corrected chi connectivity index (χ2v) is 0.957. The Morgan fingerprint density at radius 2 is 2.25 bits per heavy atom. The summed E-state index contributed by atoms with van der Waals surface area (Å²) in [7, 11) is 0. The standard InChI is InChI=1S/C2H4O.Sn/c1-2-3;/h2-3H,1H2;/q;+1/p-1. The van der Waals surface area contributed by atoms with Gasteiger partial charge in [0, 0.05) is 0 Å². The molecule has 0 spiro atoms. The molecule has 0 fully saturated rings. The van der Waals surface area contributed by atoms with Gasteiger partial charge in [0.1, 0.15) is 0 Å². The van der Waals surface area contributed by atoms with Gasteiger partial charge in [0.2, 0.25) is 0 Å². The van der Waals surface area contributed by atoms with E-state index in [4.69, 9.17) is 0 Å². The molecule has 0 atom stereocenters. The Labute approximate surface area is 39.3 Å². The van der Waals surface area contributed by atoms with Gasteiger partial charge in [0.15, 0.2) is 0 Å². The van der Waals surface area contributed by atoms with Crippen molar-refractivity contribution in [1.82, 2.24) is 0 Å². The predicted octanol–water partition coefficient (Wildman–Crippen LogP) is 0.230. The van der Waals surface area contributed by atoms with Crippen molar-refractivity contribution in [3.63, 3.8) is 0 Å². The average molecular weight is 162 g/mol. The molecule has 1 nitrogen and oxygen atoms in total. The normalized spacial score (nSPS) is 5.25. The zero-order chi connectivity index (χ0) is 3.41. The van der Waals surface area contributed by atoms with Crippen LogP contribution in [0.4, 0.5) is 0 Å². The maximum absolute atomic E-state index is 4.40. The van der Waals surface area contributed by atoms with Crippen molar-refractivity contribution >= 4 is 22.9 Å². The van der Waals surface area contributed by atoms with Gasteiger partial charge in [-0.05, 0) is 0 Å². The Bertz CT molecular complexity index is 20.0. The number of hydrogen-bond acceptors (Lipinski definition) is 1. The first kappa shape index (κ1) is 4.34. The average Bonchev–Trinajstić information content (AvgIpc) is 1.37. The Kier molecular flexibility index (Phi) is 3.62. The van der Waals surface area contributed by atoms with Crippen molar-refractivity contribution < 1.29 is 3.07 Å². The Morgan fingerprint density at radius 1 is 2.00 bits per heavy atom. The van der Waals surface area contributed by atoms with Crippen LogP contribution in [0.2, 0.25) is 0 Å². The van der Waals surface area contributed by atoms with Gasteiger partial charge in [-0.3, -0.25) is 0 Å². The van der Waals surface area contributed by atoms with Crippen molar-refractivity contribution in [1.29, 1.82) is 0 Å². The van der Waals surface area contributed by atoms with Crippen LogP contribution in [0.3, 0.4) is 0 Å². The topological polar surface area (TPSA) is 9.23 Å². The van der Waals surface area contributed by atoms with Crippen LogP contribution in [0.5, 0.6) is 0 Å². The molecule has 0 aliphatic carbocycles. The van der Waals surface area contributed by atoms with Crippen LogP contribution in [-0.2, 0) is 3.07 Å². The number of hydrogen-bond donors (Lipinski definition) is 0. The Hall–Kier alpha value is 0.339. The molecular formula is C2H3OSn. The Morgan fingerprint density at radius 3 is 2.25 bits per heavy atom. The Balaban J connectivity index is 2.30. The summed E-state index contributed by atoms with van der Waals surface area (Å²) in [5.74, 6) is 0. The summed E-state index contributed by atoms with van der Waals surface area (Å²) in [4.78, 5) is 0. The van der Waals surface area contributed by atoms with Crippen LogP contribution >= 0.6 is 0 Å². The van der Waals surface area contributed by atoms with Gasteiger partial charge in [0.05, 0.1) is 0 Å². The van der Waals surface area contributed by atoms with Crippen LogP contribution in [-0.4, -0.2) is 22.9 Å². The molecule has 3 radical (unpaired) electrons. The van der Waals surface area contributed by atoms with Gasteiger partial charge in [0.25, 0.3) is 0 Å².